The topological polar surface area (TPSA) is 130 Å². The van der Waals surface area contributed by atoms with Crippen LogP contribution in [0.25, 0.3) is 17.0 Å². The van der Waals surface area contributed by atoms with Crippen LogP contribution in [-0.2, 0) is 16.3 Å². The molecule has 3 aromatic heterocycles. The lowest BCUT2D eigenvalue weighted by molar-refractivity contribution is 0.102. The van der Waals surface area contributed by atoms with E-state index in [1.54, 1.807) is 24.4 Å². The van der Waals surface area contributed by atoms with Crippen LogP contribution in [0, 0.1) is 11.3 Å². The minimum atomic E-state index is -3.72. The summed E-state index contributed by atoms with van der Waals surface area (Å²) in [5, 5.41) is 16.2. The molecule has 0 unspecified atom stereocenters. The van der Waals surface area contributed by atoms with E-state index in [-0.39, 0.29) is 16.2 Å². The van der Waals surface area contributed by atoms with Crippen LogP contribution in [0.4, 0.5) is 5.69 Å². The number of aryl methyl sites for hydroxylation is 1. The van der Waals surface area contributed by atoms with Crippen LogP contribution in [0.3, 0.4) is 0 Å². The van der Waals surface area contributed by atoms with Crippen LogP contribution in [0.2, 0.25) is 0 Å². The smallest absolute Gasteiger partial charge is 0.257 e. The van der Waals surface area contributed by atoms with Crippen molar-refractivity contribution in [1.82, 2.24) is 19.6 Å². The monoisotopic (exact) mass is 446 g/mol. The number of aromatic nitrogens is 4. The number of sulfone groups is 1. The van der Waals surface area contributed by atoms with E-state index >= 15 is 0 Å². The Kier molecular flexibility index (Phi) is 5.42. The third kappa shape index (κ3) is 4.19. The van der Waals surface area contributed by atoms with Crippen molar-refractivity contribution in [2.24, 2.45) is 0 Å². The van der Waals surface area contributed by atoms with Gasteiger partial charge in [0.2, 0.25) is 0 Å². The number of pyridine rings is 2. The molecular formula is C22H18N6O3S. The number of hydrogen-bond donors (Lipinski definition) is 1. The Labute approximate surface area is 184 Å². The minimum Gasteiger partial charge on any atom is -0.321 e. The zero-order chi connectivity index (χ0) is 22.9. The summed E-state index contributed by atoms with van der Waals surface area (Å²) >= 11 is 0. The first-order chi connectivity index (χ1) is 15.3. The number of carbonyl (C=O) groups is 1. The molecule has 3 heterocycles. The molecule has 0 aliphatic heterocycles. The molecule has 0 radical (unpaired) electrons. The van der Waals surface area contributed by atoms with Gasteiger partial charge in [0.25, 0.3) is 5.91 Å². The fourth-order valence-electron chi connectivity index (χ4n) is 3.14. The van der Waals surface area contributed by atoms with Crippen molar-refractivity contribution in [3.8, 4) is 17.5 Å². The van der Waals surface area contributed by atoms with E-state index in [0.29, 0.717) is 17.2 Å². The predicted molar refractivity (Wildman–Crippen MR) is 118 cm³/mol. The Bertz CT molecular complexity index is 1480. The molecule has 0 aliphatic rings. The average Bonchev–Trinajstić information content (AvgIpc) is 3.21. The first-order valence-corrected chi connectivity index (χ1v) is 11.5. The highest BCUT2D eigenvalue weighted by atomic mass is 32.2. The Hall–Kier alpha value is -4.10. The molecule has 0 atom stereocenters. The molecule has 1 aromatic carbocycles. The van der Waals surface area contributed by atoms with Gasteiger partial charge in [-0.25, -0.2) is 22.9 Å². The molecule has 32 heavy (non-hydrogen) atoms. The second-order valence-electron chi connectivity index (χ2n) is 7.11. The summed E-state index contributed by atoms with van der Waals surface area (Å²) in [6, 6.07) is 14.2. The quantitative estimate of drug-likeness (QED) is 0.499. The highest BCUT2D eigenvalue weighted by Crippen LogP contribution is 2.21. The number of hydrogen-bond acceptors (Lipinski definition) is 7. The standard InChI is InChI=1S/C22H18N6O3S/c1-3-14-4-6-15(7-5-14)21-26-20-9-8-16(13-28(20)27-21)25-22(29)18-10-17(11-23)24-12-19(18)32(2,30)31/h4-10,12-13H,3H2,1-2H3,(H,25,29). The number of nitrogens with zero attached hydrogens (tertiary/aromatic N) is 5. The zero-order valence-electron chi connectivity index (χ0n) is 17.3. The van der Waals surface area contributed by atoms with Crippen molar-refractivity contribution in [2.75, 3.05) is 11.6 Å². The van der Waals surface area contributed by atoms with Crippen molar-refractivity contribution in [3.05, 3.63) is 71.7 Å². The lowest BCUT2D eigenvalue weighted by atomic mass is 10.1. The van der Waals surface area contributed by atoms with Crippen LogP contribution >= 0.6 is 0 Å². The molecule has 160 valence electrons. The summed E-state index contributed by atoms with van der Waals surface area (Å²) in [6.45, 7) is 2.08. The highest BCUT2D eigenvalue weighted by molar-refractivity contribution is 7.90. The zero-order valence-corrected chi connectivity index (χ0v) is 18.1. The summed E-state index contributed by atoms with van der Waals surface area (Å²) in [5.74, 6) is -0.137. The molecule has 1 amide bonds. The third-order valence-electron chi connectivity index (χ3n) is 4.84. The number of nitriles is 1. The van der Waals surface area contributed by atoms with E-state index in [1.807, 2.05) is 24.3 Å². The molecule has 0 saturated heterocycles. The molecule has 0 saturated carbocycles. The van der Waals surface area contributed by atoms with E-state index in [4.69, 9.17) is 5.26 Å². The highest BCUT2D eigenvalue weighted by Gasteiger charge is 2.21. The number of anilines is 1. The number of rotatable bonds is 5. The maximum atomic E-state index is 12.8. The van der Waals surface area contributed by atoms with Crippen LogP contribution < -0.4 is 5.32 Å². The van der Waals surface area contributed by atoms with Crippen LogP contribution in [0.15, 0.2) is 59.8 Å². The summed E-state index contributed by atoms with van der Waals surface area (Å²) in [4.78, 5) is 20.8. The molecule has 0 bridgehead atoms. The van der Waals surface area contributed by atoms with Gasteiger partial charge in [-0.15, -0.1) is 5.10 Å². The maximum absolute atomic E-state index is 12.8. The van der Waals surface area contributed by atoms with E-state index in [1.165, 1.54) is 10.1 Å². The lowest BCUT2D eigenvalue weighted by Gasteiger charge is -2.09. The van der Waals surface area contributed by atoms with Gasteiger partial charge < -0.3 is 5.32 Å². The van der Waals surface area contributed by atoms with Gasteiger partial charge in [-0.05, 0) is 30.2 Å². The molecule has 1 N–H and O–H groups in total. The lowest BCUT2D eigenvalue weighted by Crippen LogP contribution is -2.17. The van der Waals surface area contributed by atoms with Gasteiger partial charge in [0.05, 0.1) is 22.3 Å². The number of carbonyl (C=O) groups excluding carboxylic acids is 1. The fraction of sp³-hybridized carbons (Fsp3) is 0.136. The molecule has 9 nitrogen and oxygen atoms in total. The van der Waals surface area contributed by atoms with Crippen LogP contribution in [0.5, 0.6) is 0 Å². The minimum absolute atomic E-state index is 0.0620. The van der Waals surface area contributed by atoms with E-state index < -0.39 is 15.7 Å². The number of fused-ring (bicyclic) bond motifs is 1. The van der Waals surface area contributed by atoms with Gasteiger partial charge in [0.15, 0.2) is 21.3 Å². The largest absolute Gasteiger partial charge is 0.321 e. The molecule has 4 rings (SSSR count). The molecular weight excluding hydrogens is 428 g/mol. The van der Waals surface area contributed by atoms with Gasteiger partial charge >= 0.3 is 0 Å². The van der Waals surface area contributed by atoms with Crippen molar-refractivity contribution in [1.29, 1.82) is 5.26 Å². The summed E-state index contributed by atoms with van der Waals surface area (Å²) in [6.07, 6.45) is 4.51. The molecule has 0 fully saturated rings. The third-order valence-corrected chi connectivity index (χ3v) is 5.96. The SMILES string of the molecule is CCc1ccc(-c2nc3ccc(NC(=O)c4cc(C#N)ncc4S(C)(=O)=O)cn3n2)cc1. The van der Waals surface area contributed by atoms with E-state index in [0.717, 1.165) is 30.5 Å². The summed E-state index contributed by atoms with van der Waals surface area (Å²) in [5.41, 5.74) is 2.84. The molecule has 10 heteroatoms. The maximum Gasteiger partial charge on any atom is 0.257 e. The average molecular weight is 446 g/mol. The Morgan fingerprint density at radius 2 is 1.94 bits per heavy atom. The van der Waals surface area contributed by atoms with Gasteiger partial charge in [0.1, 0.15) is 11.8 Å². The second-order valence-corrected chi connectivity index (χ2v) is 9.09. The van der Waals surface area contributed by atoms with Crippen LogP contribution in [-0.4, -0.2) is 40.2 Å². The van der Waals surface area contributed by atoms with E-state index in [9.17, 15) is 13.2 Å². The van der Waals surface area contributed by atoms with Crippen LogP contribution in [0.1, 0.15) is 28.5 Å². The summed E-state index contributed by atoms with van der Waals surface area (Å²) in [7, 11) is -3.72. The first-order valence-electron chi connectivity index (χ1n) is 9.66. The Morgan fingerprint density at radius 1 is 1.19 bits per heavy atom. The van der Waals surface area contributed by atoms with Gasteiger partial charge in [-0.3, -0.25) is 4.79 Å². The van der Waals surface area contributed by atoms with Crippen molar-refractivity contribution >= 4 is 27.1 Å². The van der Waals surface area contributed by atoms with Crippen molar-refractivity contribution < 1.29 is 13.2 Å². The Morgan fingerprint density at radius 3 is 2.59 bits per heavy atom. The van der Waals surface area contributed by atoms with Crippen molar-refractivity contribution in [2.45, 2.75) is 18.2 Å². The molecule has 4 aromatic rings. The normalized spacial score (nSPS) is 11.3. The first kappa shape index (κ1) is 21.1. The second kappa shape index (κ2) is 8.20. The predicted octanol–water partition coefficient (Wildman–Crippen LogP) is 2.88. The number of amides is 1. The fourth-order valence-corrected chi connectivity index (χ4v) is 3.94. The van der Waals surface area contributed by atoms with Gasteiger partial charge in [-0.2, -0.15) is 5.26 Å². The summed E-state index contributed by atoms with van der Waals surface area (Å²) < 4.78 is 25.6. The van der Waals surface area contributed by atoms with Crippen molar-refractivity contribution in [3.63, 3.8) is 0 Å². The Balaban J connectivity index is 1.65. The molecule has 0 aliphatic carbocycles. The number of nitrogens with one attached hydrogen (secondary N) is 1. The van der Waals surface area contributed by atoms with Gasteiger partial charge in [0, 0.05) is 18.0 Å². The van der Waals surface area contributed by atoms with Gasteiger partial charge in [-0.1, -0.05) is 31.2 Å². The molecule has 0 spiro atoms. The number of benzene rings is 1. The van der Waals surface area contributed by atoms with E-state index in [2.05, 4.69) is 27.3 Å².